The first-order valence-corrected chi connectivity index (χ1v) is 8.72. The maximum Gasteiger partial charge on any atom is 0.332 e. The van der Waals surface area contributed by atoms with Crippen LogP contribution in [-0.2, 0) is 24.0 Å². The number of hydroxylamine groups is 2. The topological polar surface area (TPSA) is 84.0 Å². The lowest BCUT2D eigenvalue weighted by atomic mass is 9.68. The molecule has 2 fully saturated rings. The van der Waals surface area contributed by atoms with Gasteiger partial charge in [-0.05, 0) is 26.7 Å². The van der Waals surface area contributed by atoms with Gasteiger partial charge in [0.25, 0.3) is 11.8 Å². The third-order valence-electron chi connectivity index (χ3n) is 4.77. The molecule has 7 nitrogen and oxygen atoms in total. The fourth-order valence-electron chi connectivity index (χ4n) is 3.30. The van der Waals surface area contributed by atoms with Gasteiger partial charge in [0.15, 0.2) is 0 Å². The van der Waals surface area contributed by atoms with Crippen LogP contribution < -0.4 is 0 Å². The van der Waals surface area contributed by atoms with Gasteiger partial charge >= 0.3 is 5.97 Å². The van der Waals surface area contributed by atoms with E-state index in [1.807, 2.05) is 0 Å². The predicted octanol–water partition coefficient (Wildman–Crippen LogP) is 0.628. The zero-order valence-electron chi connectivity index (χ0n) is 14.5. The van der Waals surface area contributed by atoms with E-state index in [4.69, 9.17) is 4.84 Å². The van der Waals surface area contributed by atoms with Crippen LogP contribution >= 0.6 is 0 Å². The van der Waals surface area contributed by atoms with Gasteiger partial charge in [0.1, 0.15) is 5.68 Å². The van der Waals surface area contributed by atoms with Gasteiger partial charge in [-0.1, -0.05) is 12.7 Å². The number of rotatable bonds is 7. The summed E-state index contributed by atoms with van der Waals surface area (Å²) in [5.74, 6) is -1.62. The highest BCUT2D eigenvalue weighted by Gasteiger charge is 2.32. The second kappa shape index (κ2) is 8.42. The number of nitrogens with zero attached hydrogens (tertiary/aromatic N) is 2. The van der Waals surface area contributed by atoms with Crippen LogP contribution in [0.2, 0.25) is 6.32 Å². The highest BCUT2D eigenvalue weighted by Crippen LogP contribution is 2.22. The Kier molecular flexibility index (Phi) is 6.54. The van der Waals surface area contributed by atoms with Crippen LogP contribution in [0, 0.1) is 0 Å². The zero-order chi connectivity index (χ0) is 17.7. The van der Waals surface area contributed by atoms with Crippen LogP contribution in [0.15, 0.2) is 0 Å². The summed E-state index contributed by atoms with van der Waals surface area (Å²) in [6, 6.07) is 0.824. The van der Waals surface area contributed by atoms with E-state index in [0.717, 1.165) is 12.8 Å². The minimum absolute atomic E-state index is 0.0217. The summed E-state index contributed by atoms with van der Waals surface area (Å²) in [4.78, 5) is 53.5. The lowest BCUT2D eigenvalue weighted by Crippen LogP contribution is -2.47. The third kappa shape index (κ3) is 4.90. The summed E-state index contributed by atoms with van der Waals surface area (Å²) in [6.07, 6.45) is 3.97. The molecule has 24 heavy (non-hydrogen) atoms. The molecular formula is C16H25BN2O5. The summed E-state index contributed by atoms with van der Waals surface area (Å²) >= 11 is 0. The Labute approximate surface area is 142 Å². The van der Waals surface area contributed by atoms with Crippen molar-refractivity contribution in [3.8, 4) is 0 Å². The van der Waals surface area contributed by atoms with Crippen molar-refractivity contribution in [3.63, 3.8) is 0 Å². The molecule has 0 spiro atoms. The van der Waals surface area contributed by atoms with Crippen molar-refractivity contribution in [2.45, 2.75) is 70.8 Å². The molecule has 0 bridgehead atoms. The number of imide groups is 1. The average molecular weight is 336 g/mol. The summed E-state index contributed by atoms with van der Waals surface area (Å²) in [5, 5.41) is 0.543. The van der Waals surface area contributed by atoms with Crippen molar-refractivity contribution in [2.24, 2.45) is 0 Å². The van der Waals surface area contributed by atoms with E-state index in [1.165, 1.54) is 6.42 Å². The van der Waals surface area contributed by atoms with Crippen molar-refractivity contribution in [1.82, 2.24) is 9.96 Å². The van der Waals surface area contributed by atoms with Crippen molar-refractivity contribution in [1.29, 1.82) is 0 Å². The first-order valence-electron chi connectivity index (χ1n) is 8.72. The smallest absolute Gasteiger partial charge is 0.330 e. The molecule has 0 aromatic heterocycles. The first-order chi connectivity index (χ1) is 11.4. The third-order valence-corrected chi connectivity index (χ3v) is 4.77. The van der Waals surface area contributed by atoms with E-state index < -0.39 is 17.8 Å². The molecule has 2 heterocycles. The summed E-state index contributed by atoms with van der Waals surface area (Å²) in [5.41, 5.74) is 0.108. The Hall–Kier alpha value is -1.70. The number of piperidine rings is 1. The lowest BCUT2D eigenvalue weighted by Gasteiger charge is -2.38. The molecule has 132 valence electrons. The molecule has 2 saturated heterocycles. The van der Waals surface area contributed by atoms with Crippen molar-refractivity contribution >= 4 is 30.7 Å². The van der Waals surface area contributed by atoms with Crippen molar-refractivity contribution < 1.29 is 24.0 Å². The van der Waals surface area contributed by atoms with E-state index in [0.29, 0.717) is 37.3 Å². The number of carbonyl (C=O) groups excluding carboxylic acids is 4. The van der Waals surface area contributed by atoms with Crippen LogP contribution in [-0.4, -0.2) is 59.3 Å². The van der Waals surface area contributed by atoms with Gasteiger partial charge in [-0.3, -0.25) is 14.5 Å². The molecule has 0 aromatic carbocycles. The number of hydrogen-bond donors (Lipinski definition) is 0. The van der Waals surface area contributed by atoms with Gasteiger partial charge in [0.05, 0.1) is 0 Å². The maximum absolute atomic E-state index is 12.1. The van der Waals surface area contributed by atoms with Gasteiger partial charge in [-0.2, -0.15) is 0 Å². The van der Waals surface area contributed by atoms with Crippen LogP contribution in [0.25, 0.3) is 0 Å². The minimum atomic E-state index is -0.647. The van der Waals surface area contributed by atoms with E-state index in [-0.39, 0.29) is 24.9 Å². The van der Waals surface area contributed by atoms with Crippen molar-refractivity contribution in [3.05, 3.63) is 0 Å². The lowest BCUT2D eigenvalue weighted by molar-refractivity contribution is -0.197. The van der Waals surface area contributed by atoms with Crippen LogP contribution in [0.3, 0.4) is 0 Å². The van der Waals surface area contributed by atoms with Gasteiger partial charge in [-0.25, -0.2) is 4.79 Å². The molecule has 2 rings (SSSR count). The first kappa shape index (κ1) is 18.6. The summed E-state index contributed by atoms with van der Waals surface area (Å²) in [7, 11) is 0.299. The highest BCUT2D eigenvalue weighted by atomic mass is 16.7. The van der Waals surface area contributed by atoms with Gasteiger partial charge in [-0.15, -0.1) is 5.06 Å². The molecule has 2 unspecified atom stereocenters. The Bertz CT molecular complexity index is 499. The SMILES string of the molecule is CC1CCCC(C)N1CC(=O)BCCC(=O)ON1C(=O)CCC1=O. The molecule has 2 aliphatic heterocycles. The predicted molar refractivity (Wildman–Crippen MR) is 88.2 cm³/mol. The number of hydrogen-bond acceptors (Lipinski definition) is 6. The molecule has 0 saturated carbocycles. The second-order valence-electron chi connectivity index (χ2n) is 6.74. The monoisotopic (exact) mass is 336 g/mol. The Morgan fingerprint density at radius 2 is 1.71 bits per heavy atom. The van der Waals surface area contributed by atoms with E-state index in [2.05, 4.69) is 18.7 Å². The second-order valence-corrected chi connectivity index (χ2v) is 6.74. The molecule has 2 atom stereocenters. The number of carbonyl (C=O) groups is 4. The molecule has 2 amide bonds. The van der Waals surface area contributed by atoms with Crippen LogP contribution in [0.4, 0.5) is 0 Å². The molecule has 2 aliphatic rings. The summed E-state index contributed by atoms with van der Waals surface area (Å²) < 4.78 is 0. The zero-order valence-corrected chi connectivity index (χ0v) is 14.5. The van der Waals surface area contributed by atoms with E-state index in [1.54, 1.807) is 0 Å². The number of amides is 2. The molecule has 0 radical (unpaired) electrons. The van der Waals surface area contributed by atoms with Crippen LogP contribution in [0.5, 0.6) is 0 Å². The molecule has 0 N–H and O–H groups in total. The molecular weight excluding hydrogens is 311 g/mol. The Morgan fingerprint density at radius 3 is 2.29 bits per heavy atom. The minimum Gasteiger partial charge on any atom is -0.330 e. The Balaban J connectivity index is 1.67. The summed E-state index contributed by atoms with van der Waals surface area (Å²) in [6.45, 7) is 4.70. The fourth-order valence-corrected chi connectivity index (χ4v) is 3.30. The van der Waals surface area contributed by atoms with E-state index in [9.17, 15) is 19.2 Å². The van der Waals surface area contributed by atoms with Gasteiger partial charge in [0, 0.05) is 37.9 Å². The highest BCUT2D eigenvalue weighted by molar-refractivity contribution is 6.74. The molecule has 0 aromatic rings. The fraction of sp³-hybridized carbons (Fsp3) is 0.750. The van der Waals surface area contributed by atoms with Crippen molar-refractivity contribution in [2.75, 3.05) is 6.54 Å². The quantitative estimate of drug-likeness (QED) is 0.501. The largest absolute Gasteiger partial charge is 0.332 e. The standard InChI is InChI=1S/C16H25BN2O5/c1-11-4-3-5-12(2)18(11)10-13(20)17-9-8-16(23)24-19-14(21)6-7-15(19)22/h11-12,17H,3-10H2,1-2H3. The normalized spacial score (nSPS) is 25.0. The van der Waals surface area contributed by atoms with Gasteiger partial charge < -0.3 is 9.63 Å². The Morgan fingerprint density at radius 1 is 1.12 bits per heavy atom. The average Bonchev–Trinajstić information content (AvgIpc) is 2.83. The maximum atomic E-state index is 12.1. The molecule has 8 heteroatoms. The van der Waals surface area contributed by atoms with Crippen LogP contribution in [0.1, 0.15) is 52.4 Å². The van der Waals surface area contributed by atoms with E-state index >= 15 is 0 Å². The number of likely N-dealkylation sites (tertiary alicyclic amines) is 1. The van der Waals surface area contributed by atoms with Gasteiger partial charge in [0.2, 0.25) is 7.28 Å². The molecule has 0 aliphatic carbocycles.